The van der Waals surface area contributed by atoms with Gasteiger partial charge in [-0.05, 0) is 48.7 Å². The molecule has 1 aliphatic carbocycles. The van der Waals surface area contributed by atoms with Gasteiger partial charge in [0.2, 0.25) is 0 Å². The Morgan fingerprint density at radius 2 is 2.15 bits per heavy atom. The second kappa shape index (κ2) is 7.54. The maximum atomic E-state index is 12.7. The minimum absolute atomic E-state index is 0.0610. The molecule has 0 heterocycles. The van der Waals surface area contributed by atoms with Crippen LogP contribution in [0.5, 0.6) is 11.5 Å². The molecule has 0 atom stereocenters. The summed E-state index contributed by atoms with van der Waals surface area (Å²) in [6, 6.07) is 11.8. The van der Waals surface area contributed by atoms with Gasteiger partial charge in [0.25, 0.3) is 0 Å². The molecule has 134 valence electrons. The van der Waals surface area contributed by atoms with Crippen LogP contribution < -0.4 is 10.1 Å². The van der Waals surface area contributed by atoms with Crippen LogP contribution in [0.2, 0.25) is 5.02 Å². The van der Waals surface area contributed by atoms with Crippen molar-refractivity contribution in [2.24, 2.45) is 0 Å². The van der Waals surface area contributed by atoms with Gasteiger partial charge in [-0.25, -0.2) is 4.79 Å². The van der Waals surface area contributed by atoms with Crippen molar-refractivity contribution in [1.29, 1.82) is 5.26 Å². The highest BCUT2D eigenvalue weighted by molar-refractivity contribution is 6.32. The van der Waals surface area contributed by atoms with Gasteiger partial charge in [-0.15, -0.1) is 0 Å². The third-order valence-electron chi connectivity index (χ3n) is 4.19. The molecular formula is C19H18ClN3O3. The molecule has 0 aliphatic heterocycles. The summed E-state index contributed by atoms with van der Waals surface area (Å²) in [6.45, 7) is 0.400. The molecule has 1 aliphatic rings. The lowest BCUT2D eigenvalue weighted by molar-refractivity contribution is 0.206. The first kappa shape index (κ1) is 17.9. The first-order chi connectivity index (χ1) is 12.5. The van der Waals surface area contributed by atoms with Crippen LogP contribution in [-0.2, 0) is 6.54 Å². The molecule has 7 heteroatoms. The zero-order valence-electron chi connectivity index (χ0n) is 14.2. The maximum Gasteiger partial charge on any atom is 0.322 e. The average molecular weight is 372 g/mol. The molecule has 0 bridgehead atoms. The molecule has 26 heavy (non-hydrogen) atoms. The number of hydrogen-bond acceptors (Lipinski definition) is 4. The van der Waals surface area contributed by atoms with Gasteiger partial charge < -0.3 is 20.1 Å². The highest BCUT2D eigenvalue weighted by Gasteiger charge is 2.32. The Balaban J connectivity index is 1.75. The fraction of sp³-hybridized carbons (Fsp3) is 0.263. The Hall–Kier alpha value is -2.91. The number of anilines is 1. The number of halogens is 1. The van der Waals surface area contributed by atoms with Gasteiger partial charge in [0, 0.05) is 18.3 Å². The quantitative estimate of drug-likeness (QED) is 0.827. The van der Waals surface area contributed by atoms with Crippen molar-refractivity contribution in [3.05, 3.63) is 52.5 Å². The monoisotopic (exact) mass is 371 g/mol. The number of nitrogens with one attached hydrogen (secondary N) is 1. The molecule has 1 saturated carbocycles. The summed E-state index contributed by atoms with van der Waals surface area (Å²) in [7, 11) is 1.48. The maximum absolute atomic E-state index is 12.7. The fourth-order valence-electron chi connectivity index (χ4n) is 2.65. The summed E-state index contributed by atoms with van der Waals surface area (Å²) in [4.78, 5) is 14.5. The van der Waals surface area contributed by atoms with Crippen molar-refractivity contribution in [3.63, 3.8) is 0 Å². The molecule has 0 spiro atoms. The van der Waals surface area contributed by atoms with E-state index in [-0.39, 0.29) is 17.8 Å². The SMILES string of the molecule is COc1cc(CN(C(=O)Nc2ccc(C#N)c(Cl)c2)C2CC2)ccc1O. The number of phenols is 1. The largest absolute Gasteiger partial charge is 0.504 e. The number of aromatic hydroxyl groups is 1. The fourth-order valence-corrected chi connectivity index (χ4v) is 2.87. The van der Waals surface area contributed by atoms with E-state index in [4.69, 9.17) is 21.6 Å². The number of urea groups is 1. The number of amides is 2. The van der Waals surface area contributed by atoms with Crippen molar-refractivity contribution < 1.29 is 14.6 Å². The van der Waals surface area contributed by atoms with Gasteiger partial charge >= 0.3 is 6.03 Å². The second-order valence-electron chi connectivity index (χ2n) is 6.10. The summed E-state index contributed by atoms with van der Waals surface area (Å²) in [5.41, 5.74) is 1.76. The summed E-state index contributed by atoms with van der Waals surface area (Å²) < 4.78 is 5.12. The van der Waals surface area contributed by atoms with Gasteiger partial charge in [0.05, 0.1) is 17.7 Å². The zero-order chi connectivity index (χ0) is 18.7. The summed E-state index contributed by atoms with van der Waals surface area (Å²) in [6.07, 6.45) is 1.91. The number of nitriles is 1. The van der Waals surface area contributed by atoms with E-state index in [9.17, 15) is 9.90 Å². The van der Waals surface area contributed by atoms with Crippen LogP contribution in [0.1, 0.15) is 24.0 Å². The van der Waals surface area contributed by atoms with Crippen LogP contribution in [0.4, 0.5) is 10.5 Å². The molecule has 0 radical (unpaired) electrons. The van der Waals surface area contributed by atoms with Crippen LogP contribution in [0.15, 0.2) is 36.4 Å². The van der Waals surface area contributed by atoms with Gasteiger partial charge in [-0.1, -0.05) is 17.7 Å². The minimum atomic E-state index is -0.236. The number of rotatable bonds is 5. The topological polar surface area (TPSA) is 85.6 Å². The highest BCUT2D eigenvalue weighted by Crippen LogP contribution is 2.32. The molecule has 6 nitrogen and oxygen atoms in total. The van der Waals surface area contributed by atoms with Crippen LogP contribution in [-0.4, -0.2) is 29.2 Å². The Kier molecular flexibility index (Phi) is 5.19. The number of carbonyl (C=O) groups excluding carboxylic acids is 1. The Morgan fingerprint density at radius 3 is 2.77 bits per heavy atom. The van der Waals surface area contributed by atoms with Crippen molar-refractivity contribution in [3.8, 4) is 17.6 Å². The van der Waals surface area contributed by atoms with E-state index in [0.29, 0.717) is 28.6 Å². The van der Waals surface area contributed by atoms with Crippen LogP contribution in [0.25, 0.3) is 0 Å². The summed E-state index contributed by atoms with van der Waals surface area (Å²) in [5, 5.41) is 21.8. The third-order valence-corrected chi connectivity index (χ3v) is 4.50. The third kappa shape index (κ3) is 4.01. The summed E-state index contributed by atoms with van der Waals surface area (Å²) >= 11 is 6.02. The minimum Gasteiger partial charge on any atom is -0.504 e. The van der Waals surface area contributed by atoms with E-state index in [1.807, 2.05) is 6.07 Å². The lowest BCUT2D eigenvalue weighted by atomic mass is 10.2. The molecule has 0 unspecified atom stereocenters. The van der Waals surface area contributed by atoms with Crippen molar-refractivity contribution in [2.75, 3.05) is 12.4 Å². The van der Waals surface area contributed by atoms with Gasteiger partial charge in [-0.3, -0.25) is 0 Å². The standard InChI is InChI=1S/C19H18ClN3O3/c1-26-18-8-12(2-7-17(18)24)11-23(15-5-6-15)19(25)22-14-4-3-13(10-21)16(20)9-14/h2-4,7-9,15,24H,5-6,11H2,1H3,(H,22,25). The normalized spacial score (nSPS) is 13.0. The van der Waals surface area contributed by atoms with Crippen molar-refractivity contribution >= 4 is 23.3 Å². The number of benzene rings is 2. The van der Waals surface area contributed by atoms with Crippen LogP contribution in [0.3, 0.4) is 0 Å². The van der Waals surface area contributed by atoms with E-state index in [1.165, 1.54) is 7.11 Å². The van der Waals surface area contributed by atoms with Gasteiger partial charge in [0.1, 0.15) is 6.07 Å². The average Bonchev–Trinajstić information content (AvgIpc) is 3.46. The first-order valence-corrected chi connectivity index (χ1v) is 8.52. The lowest BCUT2D eigenvalue weighted by Crippen LogP contribution is -2.36. The first-order valence-electron chi connectivity index (χ1n) is 8.15. The number of hydrogen-bond donors (Lipinski definition) is 2. The summed E-state index contributed by atoms with van der Waals surface area (Å²) in [5.74, 6) is 0.434. The van der Waals surface area contributed by atoms with E-state index in [2.05, 4.69) is 5.32 Å². The molecule has 2 aromatic carbocycles. The number of nitrogens with zero attached hydrogens (tertiary/aromatic N) is 2. The van der Waals surface area contributed by atoms with Gasteiger partial charge in [-0.2, -0.15) is 5.26 Å². The number of carbonyl (C=O) groups is 1. The molecule has 0 aromatic heterocycles. The smallest absolute Gasteiger partial charge is 0.322 e. The number of ether oxygens (including phenoxy) is 1. The molecule has 2 N–H and O–H groups in total. The highest BCUT2D eigenvalue weighted by atomic mass is 35.5. The Morgan fingerprint density at radius 1 is 1.38 bits per heavy atom. The molecule has 0 saturated heterocycles. The van der Waals surface area contributed by atoms with Crippen LogP contribution >= 0.6 is 11.6 Å². The van der Waals surface area contributed by atoms with E-state index in [1.54, 1.807) is 41.3 Å². The van der Waals surface area contributed by atoms with Crippen molar-refractivity contribution in [1.82, 2.24) is 4.90 Å². The molecule has 2 amide bonds. The molecular weight excluding hydrogens is 354 g/mol. The molecule has 1 fully saturated rings. The van der Waals surface area contributed by atoms with E-state index in [0.717, 1.165) is 18.4 Å². The predicted molar refractivity (Wildman–Crippen MR) is 98.4 cm³/mol. The van der Waals surface area contributed by atoms with Crippen LogP contribution in [0, 0.1) is 11.3 Å². The molecule has 2 aromatic rings. The Bertz CT molecular complexity index is 875. The predicted octanol–water partition coefficient (Wildman–Crippen LogP) is 4.12. The second-order valence-corrected chi connectivity index (χ2v) is 6.51. The van der Waals surface area contributed by atoms with Crippen molar-refractivity contribution in [2.45, 2.75) is 25.4 Å². The zero-order valence-corrected chi connectivity index (χ0v) is 15.0. The number of methoxy groups -OCH3 is 1. The molecule has 3 rings (SSSR count). The lowest BCUT2D eigenvalue weighted by Gasteiger charge is -2.23. The Labute approximate surface area is 156 Å². The van der Waals surface area contributed by atoms with E-state index < -0.39 is 0 Å². The number of phenolic OH excluding ortho intramolecular Hbond substituents is 1. The van der Waals surface area contributed by atoms with Gasteiger partial charge in [0.15, 0.2) is 11.5 Å². The van der Waals surface area contributed by atoms with E-state index >= 15 is 0 Å².